The zero-order chi connectivity index (χ0) is 13.7. The maximum absolute atomic E-state index is 4.22. The molecule has 3 heteroatoms. The van der Waals surface area contributed by atoms with Crippen molar-refractivity contribution in [2.75, 3.05) is 6.54 Å². The van der Waals surface area contributed by atoms with Gasteiger partial charge in [0.25, 0.3) is 0 Å². The molecule has 0 spiro atoms. The predicted molar refractivity (Wildman–Crippen MR) is 79.1 cm³/mol. The summed E-state index contributed by atoms with van der Waals surface area (Å²) in [6.45, 7) is 5.30. The molecule has 1 N–H and O–H groups in total. The zero-order valence-electron chi connectivity index (χ0n) is 12.1. The Morgan fingerprint density at radius 1 is 1.37 bits per heavy atom. The largest absolute Gasteiger partial charge is 0.310 e. The van der Waals surface area contributed by atoms with Crippen molar-refractivity contribution in [3.63, 3.8) is 0 Å². The number of aromatic nitrogens is 2. The summed E-state index contributed by atoms with van der Waals surface area (Å²) in [7, 11) is 1.96. The molecular weight excluding hydrogens is 234 g/mol. The van der Waals surface area contributed by atoms with Gasteiger partial charge in [-0.1, -0.05) is 36.8 Å². The molecule has 0 fully saturated rings. The Hall–Kier alpha value is -1.61. The molecule has 0 aliphatic rings. The normalized spacial score (nSPS) is 12.6. The second kappa shape index (κ2) is 6.53. The van der Waals surface area contributed by atoms with Gasteiger partial charge in [0, 0.05) is 19.3 Å². The van der Waals surface area contributed by atoms with Crippen LogP contribution in [-0.2, 0) is 13.5 Å². The predicted octanol–water partition coefficient (Wildman–Crippen LogP) is 3.01. The highest BCUT2D eigenvalue weighted by Crippen LogP contribution is 2.20. The van der Waals surface area contributed by atoms with E-state index in [1.165, 1.54) is 16.7 Å². The van der Waals surface area contributed by atoms with Crippen LogP contribution in [0.15, 0.2) is 36.7 Å². The fourth-order valence-corrected chi connectivity index (χ4v) is 2.43. The molecular formula is C16H23N3. The van der Waals surface area contributed by atoms with Crippen molar-refractivity contribution in [3.8, 4) is 0 Å². The van der Waals surface area contributed by atoms with Gasteiger partial charge in [0.05, 0.1) is 6.20 Å². The highest BCUT2D eigenvalue weighted by molar-refractivity contribution is 5.25. The summed E-state index contributed by atoms with van der Waals surface area (Å²) in [5.74, 6) is 0. The Balaban J connectivity index is 2.03. The smallest absolute Gasteiger partial charge is 0.0521 e. The minimum atomic E-state index is 0.421. The van der Waals surface area contributed by atoms with Crippen molar-refractivity contribution >= 4 is 0 Å². The highest BCUT2D eigenvalue weighted by atomic mass is 15.2. The number of hydrogen-bond acceptors (Lipinski definition) is 2. The average Bonchev–Trinajstić information content (AvgIpc) is 2.80. The molecule has 0 saturated heterocycles. The maximum atomic E-state index is 4.22. The molecule has 0 saturated carbocycles. The molecule has 0 aliphatic carbocycles. The Labute approximate surface area is 115 Å². The Kier molecular flexibility index (Phi) is 4.74. The second-order valence-electron chi connectivity index (χ2n) is 5.09. The van der Waals surface area contributed by atoms with Gasteiger partial charge in [0.2, 0.25) is 0 Å². The number of rotatable bonds is 6. The van der Waals surface area contributed by atoms with E-state index in [9.17, 15) is 0 Å². The third-order valence-corrected chi connectivity index (χ3v) is 3.38. The van der Waals surface area contributed by atoms with E-state index in [4.69, 9.17) is 0 Å². The van der Waals surface area contributed by atoms with Crippen LogP contribution in [0.2, 0.25) is 0 Å². The number of nitrogens with one attached hydrogen (secondary N) is 1. The molecule has 0 aliphatic heterocycles. The molecule has 3 nitrogen and oxygen atoms in total. The molecule has 1 aromatic carbocycles. The number of benzene rings is 1. The molecule has 1 atom stereocenters. The van der Waals surface area contributed by atoms with E-state index in [2.05, 4.69) is 54.7 Å². The average molecular weight is 257 g/mol. The monoisotopic (exact) mass is 257 g/mol. The Morgan fingerprint density at radius 3 is 2.84 bits per heavy atom. The molecule has 1 aromatic heterocycles. The molecule has 0 bridgehead atoms. The van der Waals surface area contributed by atoms with E-state index in [-0.39, 0.29) is 0 Å². The highest BCUT2D eigenvalue weighted by Gasteiger charge is 2.10. The number of aryl methyl sites for hydroxylation is 3. The molecule has 19 heavy (non-hydrogen) atoms. The van der Waals surface area contributed by atoms with E-state index in [0.717, 1.165) is 19.4 Å². The van der Waals surface area contributed by atoms with Gasteiger partial charge < -0.3 is 5.32 Å². The van der Waals surface area contributed by atoms with Crippen LogP contribution >= 0.6 is 0 Å². The van der Waals surface area contributed by atoms with Gasteiger partial charge in [-0.25, -0.2) is 0 Å². The molecule has 1 heterocycles. The topological polar surface area (TPSA) is 29.9 Å². The van der Waals surface area contributed by atoms with Crippen LogP contribution in [0, 0.1) is 6.92 Å². The lowest BCUT2D eigenvalue weighted by molar-refractivity contribution is 0.515. The third kappa shape index (κ3) is 3.93. The summed E-state index contributed by atoms with van der Waals surface area (Å²) in [6.07, 6.45) is 6.21. The van der Waals surface area contributed by atoms with Gasteiger partial charge in [-0.3, -0.25) is 4.68 Å². The molecule has 102 valence electrons. The van der Waals surface area contributed by atoms with E-state index in [1.54, 1.807) is 0 Å². The van der Waals surface area contributed by atoms with Crippen molar-refractivity contribution in [1.29, 1.82) is 0 Å². The van der Waals surface area contributed by atoms with Crippen LogP contribution in [0.25, 0.3) is 0 Å². The lowest BCUT2D eigenvalue weighted by Gasteiger charge is -2.18. The lowest BCUT2D eigenvalue weighted by Crippen LogP contribution is -2.21. The van der Waals surface area contributed by atoms with Crippen molar-refractivity contribution in [2.24, 2.45) is 7.05 Å². The van der Waals surface area contributed by atoms with Gasteiger partial charge in [-0.2, -0.15) is 5.10 Å². The Morgan fingerprint density at radius 2 is 2.21 bits per heavy atom. The lowest BCUT2D eigenvalue weighted by atomic mass is 9.98. The van der Waals surface area contributed by atoms with Gasteiger partial charge in [-0.05, 0) is 37.4 Å². The summed E-state index contributed by atoms with van der Waals surface area (Å²) in [6, 6.07) is 9.19. The summed E-state index contributed by atoms with van der Waals surface area (Å²) in [5.41, 5.74) is 4.01. The Bertz CT molecular complexity index is 516. The number of nitrogens with zero attached hydrogens (tertiary/aromatic N) is 2. The molecule has 2 aromatic rings. The summed E-state index contributed by atoms with van der Waals surface area (Å²) in [5, 5.41) is 7.80. The van der Waals surface area contributed by atoms with Gasteiger partial charge in [0.15, 0.2) is 0 Å². The van der Waals surface area contributed by atoms with Gasteiger partial charge >= 0.3 is 0 Å². The van der Waals surface area contributed by atoms with Crippen LogP contribution in [0.1, 0.15) is 36.1 Å². The SMILES string of the molecule is CCNC(CCc1cnn(C)c1)c1cccc(C)c1. The third-order valence-electron chi connectivity index (χ3n) is 3.38. The fraction of sp³-hybridized carbons (Fsp3) is 0.438. The summed E-state index contributed by atoms with van der Waals surface area (Å²) < 4.78 is 1.87. The minimum Gasteiger partial charge on any atom is -0.310 e. The fourth-order valence-electron chi connectivity index (χ4n) is 2.43. The van der Waals surface area contributed by atoms with E-state index in [0.29, 0.717) is 6.04 Å². The van der Waals surface area contributed by atoms with E-state index >= 15 is 0 Å². The first-order chi connectivity index (χ1) is 9.19. The van der Waals surface area contributed by atoms with Crippen molar-refractivity contribution in [2.45, 2.75) is 32.7 Å². The van der Waals surface area contributed by atoms with Crippen LogP contribution in [0.5, 0.6) is 0 Å². The minimum absolute atomic E-state index is 0.421. The van der Waals surface area contributed by atoms with Crippen molar-refractivity contribution in [1.82, 2.24) is 15.1 Å². The van der Waals surface area contributed by atoms with Crippen LogP contribution < -0.4 is 5.32 Å². The van der Waals surface area contributed by atoms with E-state index < -0.39 is 0 Å². The first kappa shape index (κ1) is 13.8. The second-order valence-corrected chi connectivity index (χ2v) is 5.09. The van der Waals surface area contributed by atoms with Crippen LogP contribution in [-0.4, -0.2) is 16.3 Å². The zero-order valence-corrected chi connectivity index (χ0v) is 12.1. The maximum Gasteiger partial charge on any atom is 0.0521 e. The molecule has 1 unspecified atom stereocenters. The van der Waals surface area contributed by atoms with Crippen LogP contribution in [0.4, 0.5) is 0 Å². The van der Waals surface area contributed by atoms with E-state index in [1.807, 2.05) is 17.9 Å². The molecule has 0 amide bonds. The molecule has 0 radical (unpaired) electrons. The standard InChI is InChI=1S/C16H23N3/c1-4-17-16(15-7-5-6-13(2)10-15)9-8-14-11-18-19(3)12-14/h5-7,10-12,16-17H,4,8-9H2,1-3H3. The summed E-state index contributed by atoms with van der Waals surface area (Å²) >= 11 is 0. The first-order valence-electron chi connectivity index (χ1n) is 6.96. The van der Waals surface area contributed by atoms with Gasteiger partial charge in [0.1, 0.15) is 0 Å². The molecule has 2 rings (SSSR count). The first-order valence-corrected chi connectivity index (χ1v) is 6.96. The number of hydrogen-bond donors (Lipinski definition) is 1. The quantitative estimate of drug-likeness (QED) is 0.862. The van der Waals surface area contributed by atoms with Crippen LogP contribution in [0.3, 0.4) is 0 Å². The van der Waals surface area contributed by atoms with Crippen molar-refractivity contribution in [3.05, 3.63) is 53.3 Å². The summed E-state index contributed by atoms with van der Waals surface area (Å²) in [4.78, 5) is 0. The van der Waals surface area contributed by atoms with Crippen molar-refractivity contribution < 1.29 is 0 Å². The van der Waals surface area contributed by atoms with Gasteiger partial charge in [-0.15, -0.1) is 0 Å².